The molecule has 1 aliphatic carbocycles. The molecular weight excluding hydrogens is 268 g/mol. The van der Waals surface area contributed by atoms with Gasteiger partial charge in [0.05, 0.1) is 0 Å². The number of benzene rings is 1. The van der Waals surface area contributed by atoms with Crippen molar-refractivity contribution in [1.29, 1.82) is 0 Å². The Hall–Kier alpha value is -1.92. The minimum atomic E-state index is -0.210. The van der Waals surface area contributed by atoms with Crippen LogP contribution in [0, 0.1) is 5.92 Å². The number of rotatable bonds is 3. The molecule has 6 nitrogen and oxygen atoms in total. The zero-order valence-corrected chi connectivity index (χ0v) is 11.6. The number of carbonyl (C=O) groups excluding carboxylic acids is 2. The summed E-state index contributed by atoms with van der Waals surface area (Å²) < 4.78 is 0. The summed E-state index contributed by atoms with van der Waals surface area (Å²) in [5, 5.41) is 5.66. The Labute approximate surface area is 122 Å². The largest absolute Gasteiger partial charge is 0.348 e. The highest BCUT2D eigenvalue weighted by atomic mass is 16.2. The fourth-order valence-electron chi connectivity index (χ4n) is 3.08. The Morgan fingerprint density at radius 2 is 2.10 bits per heavy atom. The molecule has 0 aromatic heterocycles. The third kappa shape index (κ3) is 2.41. The number of anilines is 1. The van der Waals surface area contributed by atoms with Gasteiger partial charge in [0, 0.05) is 23.8 Å². The molecule has 4 N–H and O–H groups in total. The zero-order chi connectivity index (χ0) is 14.4. The van der Waals surface area contributed by atoms with E-state index in [4.69, 9.17) is 0 Å². The van der Waals surface area contributed by atoms with Gasteiger partial charge in [-0.05, 0) is 42.9 Å². The molecule has 2 fully saturated rings. The van der Waals surface area contributed by atoms with Gasteiger partial charge in [0.25, 0.3) is 5.91 Å². The fourth-order valence-corrected chi connectivity index (χ4v) is 3.08. The zero-order valence-electron chi connectivity index (χ0n) is 11.6. The second-order valence-corrected chi connectivity index (χ2v) is 6.06. The summed E-state index contributed by atoms with van der Waals surface area (Å²) in [5.74, 6) is 0.596. The summed E-state index contributed by atoms with van der Waals surface area (Å²) in [6.45, 7) is 0.569. The molecule has 2 amide bonds. The lowest BCUT2D eigenvalue weighted by atomic mass is 10.1. The maximum Gasteiger partial charge on any atom is 0.251 e. The van der Waals surface area contributed by atoms with Gasteiger partial charge in [-0.15, -0.1) is 0 Å². The molecule has 4 rings (SSSR count). The summed E-state index contributed by atoms with van der Waals surface area (Å²) in [4.78, 5) is 23.9. The van der Waals surface area contributed by atoms with Crippen LogP contribution in [0.4, 0.5) is 5.69 Å². The van der Waals surface area contributed by atoms with Crippen molar-refractivity contribution in [2.24, 2.45) is 5.92 Å². The third-order valence-electron chi connectivity index (χ3n) is 4.50. The number of hydrogen-bond donors (Lipinski definition) is 4. The van der Waals surface area contributed by atoms with Crippen LogP contribution in [-0.4, -0.2) is 23.9 Å². The number of amides is 2. The van der Waals surface area contributed by atoms with Gasteiger partial charge in [0.1, 0.15) is 6.04 Å². The predicted octanol–water partition coefficient (Wildman–Crippen LogP) is 0.514. The standard InChI is InChI=1S/C15H18N4O2/c20-14-11-5-10(4-3-9(11)7-16-14)17-15(21)13-6-12(18-19-13)8-1-2-8/h3-5,8,12-13,18-19H,1-2,6-7H2,(H,16,20)(H,17,21). The first-order valence-corrected chi connectivity index (χ1v) is 7.44. The van der Waals surface area contributed by atoms with Crippen LogP contribution < -0.4 is 21.5 Å². The Balaban J connectivity index is 1.43. The molecule has 6 heteroatoms. The molecule has 0 spiro atoms. The molecule has 1 saturated carbocycles. The molecule has 2 aliphatic heterocycles. The monoisotopic (exact) mass is 286 g/mol. The highest BCUT2D eigenvalue weighted by molar-refractivity contribution is 6.01. The molecule has 2 unspecified atom stereocenters. The third-order valence-corrected chi connectivity index (χ3v) is 4.50. The van der Waals surface area contributed by atoms with Crippen molar-refractivity contribution >= 4 is 17.5 Å². The molecule has 2 atom stereocenters. The van der Waals surface area contributed by atoms with Crippen LogP contribution in [0.5, 0.6) is 0 Å². The van der Waals surface area contributed by atoms with E-state index in [9.17, 15) is 9.59 Å². The van der Waals surface area contributed by atoms with Gasteiger partial charge in [0.2, 0.25) is 5.91 Å². The smallest absolute Gasteiger partial charge is 0.251 e. The molecule has 21 heavy (non-hydrogen) atoms. The lowest BCUT2D eigenvalue weighted by molar-refractivity contribution is -0.117. The van der Waals surface area contributed by atoms with E-state index in [1.807, 2.05) is 12.1 Å². The number of fused-ring (bicyclic) bond motifs is 1. The predicted molar refractivity (Wildman–Crippen MR) is 77.4 cm³/mol. The van der Waals surface area contributed by atoms with E-state index >= 15 is 0 Å². The second-order valence-electron chi connectivity index (χ2n) is 6.06. The van der Waals surface area contributed by atoms with Crippen molar-refractivity contribution in [2.75, 3.05) is 5.32 Å². The fraction of sp³-hybridized carbons (Fsp3) is 0.467. The average Bonchev–Trinajstić information content (AvgIpc) is 3.10. The highest BCUT2D eigenvalue weighted by Gasteiger charge is 2.38. The van der Waals surface area contributed by atoms with Crippen LogP contribution >= 0.6 is 0 Å². The van der Waals surface area contributed by atoms with Crippen LogP contribution in [0.2, 0.25) is 0 Å². The van der Waals surface area contributed by atoms with Gasteiger partial charge >= 0.3 is 0 Å². The van der Waals surface area contributed by atoms with Crippen LogP contribution in [-0.2, 0) is 11.3 Å². The lowest BCUT2D eigenvalue weighted by Crippen LogP contribution is -2.40. The van der Waals surface area contributed by atoms with Crippen molar-refractivity contribution in [3.05, 3.63) is 29.3 Å². The molecule has 0 radical (unpaired) electrons. The van der Waals surface area contributed by atoms with Crippen molar-refractivity contribution in [3.8, 4) is 0 Å². The molecule has 1 aromatic carbocycles. The van der Waals surface area contributed by atoms with E-state index < -0.39 is 0 Å². The van der Waals surface area contributed by atoms with Crippen molar-refractivity contribution in [1.82, 2.24) is 16.2 Å². The van der Waals surface area contributed by atoms with Gasteiger partial charge in [-0.1, -0.05) is 6.07 Å². The van der Waals surface area contributed by atoms with Crippen LogP contribution in [0.25, 0.3) is 0 Å². The van der Waals surface area contributed by atoms with Crippen LogP contribution in [0.1, 0.15) is 35.2 Å². The summed E-state index contributed by atoms with van der Waals surface area (Å²) >= 11 is 0. The average molecular weight is 286 g/mol. The first-order valence-electron chi connectivity index (χ1n) is 7.44. The Morgan fingerprint density at radius 3 is 2.90 bits per heavy atom. The molecule has 110 valence electrons. The normalized spacial score (nSPS) is 27.3. The number of hydrazine groups is 1. The van der Waals surface area contributed by atoms with Crippen LogP contribution in [0.3, 0.4) is 0 Å². The van der Waals surface area contributed by atoms with E-state index in [0.717, 1.165) is 17.9 Å². The molecule has 1 saturated heterocycles. The van der Waals surface area contributed by atoms with E-state index in [-0.39, 0.29) is 17.9 Å². The number of carbonyl (C=O) groups is 2. The molecule has 1 aromatic rings. The topological polar surface area (TPSA) is 82.3 Å². The SMILES string of the molecule is O=C1NCc2ccc(NC(=O)C3CC(C4CC4)NN3)cc21. The summed E-state index contributed by atoms with van der Waals surface area (Å²) in [6.07, 6.45) is 3.34. The number of hydrogen-bond acceptors (Lipinski definition) is 4. The van der Waals surface area contributed by atoms with Gasteiger partial charge in [-0.2, -0.15) is 0 Å². The van der Waals surface area contributed by atoms with E-state index in [0.29, 0.717) is 23.8 Å². The molecule has 2 heterocycles. The van der Waals surface area contributed by atoms with Crippen molar-refractivity contribution in [3.63, 3.8) is 0 Å². The second kappa shape index (κ2) is 4.82. The van der Waals surface area contributed by atoms with Gasteiger partial charge < -0.3 is 10.6 Å². The van der Waals surface area contributed by atoms with Gasteiger partial charge in [0.15, 0.2) is 0 Å². The quantitative estimate of drug-likeness (QED) is 0.653. The molecule has 3 aliphatic rings. The van der Waals surface area contributed by atoms with Crippen molar-refractivity contribution < 1.29 is 9.59 Å². The maximum absolute atomic E-state index is 12.3. The summed E-state index contributed by atoms with van der Waals surface area (Å²) in [7, 11) is 0. The Morgan fingerprint density at radius 1 is 1.24 bits per heavy atom. The Bertz CT molecular complexity index is 612. The highest BCUT2D eigenvalue weighted by Crippen LogP contribution is 2.35. The first kappa shape index (κ1) is 12.8. The van der Waals surface area contributed by atoms with Gasteiger partial charge in [-0.25, -0.2) is 5.43 Å². The van der Waals surface area contributed by atoms with Crippen LogP contribution in [0.15, 0.2) is 18.2 Å². The van der Waals surface area contributed by atoms with E-state index in [1.165, 1.54) is 12.8 Å². The first-order chi connectivity index (χ1) is 10.2. The Kier molecular flexibility index (Phi) is 2.94. The van der Waals surface area contributed by atoms with E-state index in [2.05, 4.69) is 21.5 Å². The minimum absolute atomic E-state index is 0.0518. The maximum atomic E-state index is 12.3. The number of nitrogens with one attached hydrogen (secondary N) is 4. The van der Waals surface area contributed by atoms with E-state index in [1.54, 1.807) is 6.07 Å². The summed E-state index contributed by atoms with van der Waals surface area (Å²) in [5.41, 5.74) is 8.58. The van der Waals surface area contributed by atoms with Crippen molar-refractivity contribution in [2.45, 2.75) is 37.9 Å². The van der Waals surface area contributed by atoms with Gasteiger partial charge in [-0.3, -0.25) is 15.0 Å². The minimum Gasteiger partial charge on any atom is -0.348 e. The lowest BCUT2D eigenvalue weighted by Gasteiger charge is -2.11. The summed E-state index contributed by atoms with van der Waals surface area (Å²) in [6, 6.07) is 5.67. The molecule has 0 bridgehead atoms. The molecular formula is C15H18N4O2.